The minimum atomic E-state index is -1.01. The maximum absolute atomic E-state index is 13.3. The van der Waals surface area contributed by atoms with Crippen LogP contribution in [0, 0.1) is 5.82 Å². The fourth-order valence-electron chi connectivity index (χ4n) is 1.66. The van der Waals surface area contributed by atoms with Gasteiger partial charge in [0.15, 0.2) is 6.29 Å². The quantitative estimate of drug-likeness (QED) is 0.851. The third-order valence-corrected chi connectivity index (χ3v) is 2.73. The summed E-state index contributed by atoms with van der Waals surface area (Å²) < 4.78 is 18.7. The Morgan fingerprint density at radius 3 is 2.50 bits per heavy atom. The zero-order valence-corrected chi connectivity index (χ0v) is 10.4. The molecule has 1 N–H and O–H groups in total. The molecule has 0 fully saturated rings. The van der Waals surface area contributed by atoms with Crippen molar-refractivity contribution in [3.63, 3.8) is 0 Å². The normalized spacial score (nSPS) is 10.1. The smallest absolute Gasteiger partial charge is 0.335 e. The monoisotopic (exact) mass is 274 g/mol. The fourth-order valence-corrected chi connectivity index (χ4v) is 1.66. The van der Waals surface area contributed by atoms with Gasteiger partial charge in [0.1, 0.15) is 18.2 Å². The number of carboxylic acids is 1. The highest BCUT2D eigenvalue weighted by molar-refractivity contribution is 5.87. The van der Waals surface area contributed by atoms with Gasteiger partial charge in [0.25, 0.3) is 0 Å². The van der Waals surface area contributed by atoms with E-state index in [0.29, 0.717) is 6.29 Å². The molecule has 4 nitrogen and oxygen atoms in total. The van der Waals surface area contributed by atoms with Gasteiger partial charge < -0.3 is 9.84 Å². The molecule has 2 aromatic carbocycles. The van der Waals surface area contributed by atoms with E-state index < -0.39 is 11.8 Å². The predicted molar refractivity (Wildman–Crippen MR) is 69.5 cm³/mol. The van der Waals surface area contributed by atoms with Crippen LogP contribution in [0.25, 0.3) is 0 Å². The minimum Gasteiger partial charge on any atom is -0.488 e. The molecule has 0 amide bonds. The second-order valence-corrected chi connectivity index (χ2v) is 4.06. The lowest BCUT2D eigenvalue weighted by Crippen LogP contribution is -2.01. The van der Waals surface area contributed by atoms with Gasteiger partial charge in [-0.2, -0.15) is 0 Å². The van der Waals surface area contributed by atoms with Gasteiger partial charge in [-0.25, -0.2) is 9.18 Å². The Kier molecular flexibility index (Phi) is 4.10. The predicted octanol–water partition coefficient (Wildman–Crippen LogP) is 2.92. The Bertz CT molecular complexity index is 635. The van der Waals surface area contributed by atoms with Crippen LogP contribution in [0.2, 0.25) is 0 Å². The molecule has 0 aliphatic rings. The van der Waals surface area contributed by atoms with Crippen LogP contribution in [0.4, 0.5) is 4.39 Å². The molecule has 2 aromatic rings. The molecule has 0 heterocycles. The molecule has 0 unspecified atom stereocenters. The van der Waals surface area contributed by atoms with E-state index in [9.17, 15) is 14.0 Å². The highest BCUT2D eigenvalue weighted by atomic mass is 19.1. The Morgan fingerprint density at radius 2 is 1.90 bits per heavy atom. The summed E-state index contributed by atoms with van der Waals surface area (Å²) in [5.74, 6) is -1.49. The van der Waals surface area contributed by atoms with E-state index in [2.05, 4.69) is 0 Å². The standard InChI is InChI=1S/C15H11FO4/c16-13-2-1-3-14(12(13)8-17)20-9-10-4-6-11(7-5-10)15(18)19/h1-8H,9H2,(H,18,19). The molecule has 2 rings (SSSR count). The van der Waals surface area contributed by atoms with Crippen LogP contribution in [-0.4, -0.2) is 17.4 Å². The number of halogens is 1. The number of hydrogen-bond donors (Lipinski definition) is 1. The van der Waals surface area contributed by atoms with Crippen molar-refractivity contribution < 1.29 is 23.8 Å². The molecule has 0 bridgehead atoms. The Morgan fingerprint density at radius 1 is 1.20 bits per heavy atom. The third-order valence-electron chi connectivity index (χ3n) is 2.73. The van der Waals surface area contributed by atoms with Crippen LogP contribution in [0.15, 0.2) is 42.5 Å². The van der Waals surface area contributed by atoms with Gasteiger partial charge in [-0.3, -0.25) is 4.79 Å². The average molecular weight is 274 g/mol. The Labute approximate surface area is 114 Å². The van der Waals surface area contributed by atoms with Crippen molar-refractivity contribution in [2.75, 3.05) is 0 Å². The zero-order chi connectivity index (χ0) is 14.5. The summed E-state index contributed by atoms with van der Waals surface area (Å²) in [6, 6.07) is 10.2. The average Bonchev–Trinajstić information content (AvgIpc) is 2.45. The van der Waals surface area contributed by atoms with Gasteiger partial charge in [-0.1, -0.05) is 18.2 Å². The zero-order valence-electron chi connectivity index (χ0n) is 10.4. The van der Waals surface area contributed by atoms with E-state index in [0.717, 1.165) is 5.56 Å². The third kappa shape index (κ3) is 3.00. The van der Waals surface area contributed by atoms with Crippen molar-refractivity contribution in [1.82, 2.24) is 0 Å². The summed E-state index contributed by atoms with van der Waals surface area (Å²) in [7, 11) is 0. The van der Waals surface area contributed by atoms with Gasteiger partial charge >= 0.3 is 5.97 Å². The van der Waals surface area contributed by atoms with Crippen LogP contribution < -0.4 is 4.74 Å². The lowest BCUT2D eigenvalue weighted by Gasteiger charge is -2.09. The number of carboxylic acid groups (broad SMARTS) is 1. The summed E-state index contributed by atoms with van der Waals surface area (Å²) in [5, 5.41) is 8.77. The van der Waals surface area contributed by atoms with Crippen LogP contribution in [0.1, 0.15) is 26.3 Å². The molecule has 0 saturated carbocycles. The number of rotatable bonds is 5. The number of aromatic carboxylic acids is 1. The van der Waals surface area contributed by atoms with Crippen molar-refractivity contribution >= 4 is 12.3 Å². The lowest BCUT2D eigenvalue weighted by atomic mass is 10.1. The van der Waals surface area contributed by atoms with Crippen molar-refractivity contribution in [3.05, 3.63) is 65.0 Å². The van der Waals surface area contributed by atoms with E-state index in [4.69, 9.17) is 9.84 Å². The van der Waals surface area contributed by atoms with Crippen LogP contribution in [0.5, 0.6) is 5.75 Å². The number of carbonyl (C=O) groups excluding carboxylic acids is 1. The second-order valence-electron chi connectivity index (χ2n) is 4.06. The van der Waals surface area contributed by atoms with E-state index in [1.54, 1.807) is 12.1 Å². The number of carbonyl (C=O) groups is 2. The van der Waals surface area contributed by atoms with Gasteiger partial charge in [-0.15, -0.1) is 0 Å². The topological polar surface area (TPSA) is 63.6 Å². The first-order valence-electron chi connectivity index (χ1n) is 5.80. The maximum Gasteiger partial charge on any atom is 0.335 e. The SMILES string of the molecule is O=Cc1c(F)cccc1OCc1ccc(C(=O)O)cc1. The van der Waals surface area contributed by atoms with E-state index in [1.807, 2.05) is 0 Å². The second kappa shape index (κ2) is 5.97. The maximum atomic E-state index is 13.3. The molecular weight excluding hydrogens is 263 g/mol. The van der Waals surface area contributed by atoms with Gasteiger partial charge in [0, 0.05) is 0 Å². The summed E-state index contributed by atoms with van der Waals surface area (Å²) >= 11 is 0. The molecule has 5 heteroatoms. The molecule has 0 aliphatic carbocycles. The van der Waals surface area contributed by atoms with Gasteiger partial charge in [0.05, 0.1) is 11.1 Å². The number of aldehydes is 1. The first-order valence-corrected chi connectivity index (χ1v) is 5.80. The van der Waals surface area contributed by atoms with Crippen LogP contribution >= 0.6 is 0 Å². The highest BCUT2D eigenvalue weighted by Crippen LogP contribution is 2.20. The molecule has 0 saturated heterocycles. The van der Waals surface area contributed by atoms with Gasteiger partial charge in [0.2, 0.25) is 0 Å². The van der Waals surface area contributed by atoms with Crippen molar-refractivity contribution in [3.8, 4) is 5.75 Å². The van der Waals surface area contributed by atoms with E-state index >= 15 is 0 Å². The molecule has 20 heavy (non-hydrogen) atoms. The molecule has 0 aromatic heterocycles. The largest absolute Gasteiger partial charge is 0.488 e. The Hall–Kier alpha value is -2.69. The molecular formula is C15H11FO4. The number of hydrogen-bond acceptors (Lipinski definition) is 3. The lowest BCUT2D eigenvalue weighted by molar-refractivity contribution is 0.0696. The van der Waals surface area contributed by atoms with E-state index in [-0.39, 0.29) is 23.5 Å². The first kappa shape index (κ1) is 13.7. The highest BCUT2D eigenvalue weighted by Gasteiger charge is 2.09. The minimum absolute atomic E-state index is 0.115. The van der Waals surface area contributed by atoms with Crippen LogP contribution in [-0.2, 0) is 6.61 Å². The molecule has 0 aliphatic heterocycles. The van der Waals surface area contributed by atoms with E-state index in [1.165, 1.54) is 30.3 Å². The van der Waals surface area contributed by atoms with Crippen molar-refractivity contribution in [1.29, 1.82) is 0 Å². The van der Waals surface area contributed by atoms with Crippen molar-refractivity contribution in [2.45, 2.75) is 6.61 Å². The van der Waals surface area contributed by atoms with Crippen LogP contribution in [0.3, 0.4) is 0 Å². The first-order chi connectivity index (χ1) is 9.61. The number of ether oxygens (including phenoxy) is 1. The summed E-state index contributed by atoms with van der Waals surface area (Å²) in [4.78, 5) is 21.5. The number of benzene rings is 2. The summed E-state index contributed by atoms with van der Waals surface area (Å²) in [6.45, 7) is 0.115. The molecule has 0 spiro atoms. The molecule has 0 atom stereocenters. The fraction of sp³-hybridized carbons (Fsp3) is 0.0667. The Balaban J connectivity index is 2.11. The summed E-state index contributed by atoms with van der Waals surface area (Å²) in [5.41, 5.74) is 0.763. The van der Waals surface area contributed by atoms with Crippen molar-refractivity contribution in [2.24, 2.45) is 0 Å². The molecule has 102 valence electrons. The summed E-state index contributed by atoms with van der Waals surface area (Å²) in [6.07, 6.45) is 0.401. The molecule has 0 radical (unpaired) electrons. The van der Waals surface area contributed by atoms with Gasteiger partial charge in [-0.05, 0) is 29.8 Å².